The van der Waals surface area contributed by atoms with Crippen LogP contribution in [-0.4, -0.2) is 26.1 Å². The summed E-state index contributed by atoms with van der Waals surface area (Å²) in [5, 5.41) is 0. The number of unbranched alkanes of at least 4 members (excludes halogenated alkanes) is 8. The van der Waals surface area contributed by atoms with Crippen LogP contribution in [0.4, 0.5) is 0 Å². The minimum absolute atomic E-state index is 0.359. The van der Waals surface area contributed by atoms with Crippen LogP contribution < -0.4 is 0 Å². The third kappa shape index (κ3) is 13.1. The second kappa shape index (κ2) is 19.6. The molecule has 3 heteroatoms. The summed E-state index contributed by atoms with van der Waals surface area (Å²) in [6, 6.07) is 0. The van der Waals surface area contributed by atoms with Crippen molar-refractivity contribution in [3.8, 4) is 0 Å². The molecule has 190 valence electrons. The van der Waals surface area contributed by atoms with Crippen LogP contribution in [0.5, 0.6) is 0 Å². The monoisotopic (exact) mass is 524 g/mol. The molecular formula is C30H52O2Se. The van der Waals surface area contributed by atoms with E-state index in [-0.39, 0.29) is 0 Å². The topological polar surface area (TPSA) is 34.1 Å². The first-order chi connectivity index (χ1) is 16.1. The summed E-state index contributed by atoms with van der Waals surface area (Å²) in [5.41, 5.74) is 2.87. The number of carbonyl (C=O) groups is 2. The van der Waals surface area contributed by atoms with E-state index >= 15 is 0 Å². The van der Waals surface area contributed by atoms with Gasteiger partial charge in [-0.2, -0.15) is 0 Å². The van der Waals surface area contributed by atoms with Crippen LogP contribution in [0.15, 0.2) is 9.88 Å². The van der Waals surface area contributed by atoms with Crippen LogP contribution in [-0.2, 0) is 9.59 Å². The van der Waals surface area contributed by atoms with Crippen molar-refractivity contribution in [2.24, 2.45) is 0 Å². The molecule has 0 aliphatic heterocycles. The van der Waals surface area contributed by atoms with Crippen LogP contribution in [0.2, 0.25) is 0 Å². The third-order valence-electron chi connectivity index (χ3n) is 6.94. The number of ketones is 2. The maximum atomic E-state index is 12.8. The van der Waals surface area contributed by atoms with Gasteiger partial charge in [0.05, 0.1) is 0 Å². The van der Waals surface area contributed by atoms with Crippen LogP contribution in [0.1, 0.15) is 166 Å². The van der Waals surface area contributed by atoms with Crippen LogP contribution in [0.25, 0.3) is 0 Å². The van der Waals surface area contributed by atoms with Crippen molar-refractivity contribution in [2.75, 3.05) is 0 Å². The summed E-state index contributed by atoms with van der Waals surface area (Å²) >= 11 is 0.384. The predicted molar refractivity (Wildman–Crippen MR) is 145 cm³/mol. The van der Waals surface area contributed by atoms with Gasteiger partial charge >= 0.3 is 212 Å². The molecule has 0 aromatic carbocycles. The molecule has 0 fully saturated rings. The Morgan fingerprint density at radius 2 is 1.00 bits per heavy atom. The Bertz CT molecular complexity index is 580. The third-order valence-corrected chi connectivity index (χ3v) is 8.58. The average molecular weight is 524 g/mol. The number of hydrogen-bond acceptors (Lipinski definition) is 2. The Morgan fingerprint density at radius 3 is 1.36 bits per heavy atom. The quantitative estimate of drug-likeness (QED) is 0.112. The zero-order valence-electron chi connectivity index (χ0n) is 22.3. The number of carbonyl (C=O) groups excluding carboxylic acids is 2. The van der Waals surface area contributed by atoms with Gasteiger partial charge in [0.1, 0.15) is 0 Å². The first-order valence-electron chi connectivity index (χ1n) is 14.2. The zero-order valence-corrected chi connectivity index (χ0v) is 24.0. The molecule has 0 aliphatic carbocycles. The standard InChI is InChI=1S/C30H52O2Se/c1-5-9-11-13-15-19-27(31)21-25(17-7-3)29-23-33-24-30(29)26(18-8-4)22-28(32)20-16-14-12-10-6-2/h23-26H,5-22H2,1-4H3. The second-order valence-corrected chi connectivity index (χ2v) is 11.6. The van der Waals surface area contributed by atoms with Crippen molar-refractivity contribution in [2.45, 2.75) is 155 Å². The molecule has 0 saturated heterocycles. The first kappa shape index (κ1) is 30.4. The van der Waals surface area contributed by atoms with Gasteiger partial charge in [0.15, 0.2) is 0 Å². The van der Waals surface area contributed by atoms with E-state index in [1.54, 1.807) is 0 Å². The van der Waals surface area contributed by atoms with E-state index < -0.39 is 0 Å². The zero-order chi connectivity index (χ0) is 24.3. The number of hydrogen-bond donors (Lipinski definition) is 0. The number of rotatable bonds is 22. The molecule has 0 bridgehead atoms. The Hall–Kier alpha value is -0.661. The number of Topliss-reactive ketones (excluding diaryl/α,β-unsaturated/α-hetero) is 2. The van der Waals surface area contributed by atoms with Crippen LogP contribution in [0, 0.1) is 0 Å². The summed E-state index contributed by atoms with van der Waals surface area (Å²) in [6.07, 6.45) is 19.3. The molecule has 0 aliphatic rings. The fourth-order valence-electron chi connectivity index (χ4n) is 5.02. The van der Waals surface area contributed by atoms with Crippen molar-refractivity contribution >= 4 is 26.1 Å². The SMILES string of the molecule is CCCCCCCC(=O)CC(CCC)c1c[se]cc1C(CCC)CC(=O)CCCCCCC. The second-order valence-electron chi connectivity index (χ2n) is 10.1. The van der Waals surface area contributed by atoms with Gasteiger partial charge in [0.25, 0.3) is 0 Å². The molecule has 1 aromatic heterocycles. The minimum atomic E-state index is 0.359. The van der Waals surface area contributed by atoms with E-state index in [1.807, 2.05) is 0 Å². The van der Waals surface area contributed by atoms with Crippen molar-refractivity contribution in [1.29, 1.82) is 0 Å². The molecule has 0 amide bonds. The molecule has 2 atom stereocenters. The summed E-state index contributed by atoms with van der Waals surface area (Å²) in [5.74, 6) is 1.61. The van der Waals surface area contributed by atoms with E-state index in [9.17, 15) is 9.59 Å². The Balaban J connectivity index is 2.74. The molecule has 2 unspecified atom stereocenters. The van der Waals surface area contributed by atoms with Crippen molar-refractivity contribution in [3.63, 3.8) is 0 Å². The molecule has 1 heterocycles. The summed E-state index contributed by atoms with van der Waals surface area (Å²) in [6.45, 7) is 8.93. The van der Waals surface area contributed by atoms with Gasteiger partial charge in [-0.25, -0.2) is 0 Å². The normalized spacial score (nSPS) is 13.2. The van der Waals surface area contributed by atoms with E-state index in [0.717, 1.165) is 51.4 Å². The molecule has 33 heavy (non-hydrogen) atoms. The predicted octanol–water partition coefficient (Wildman–Crippen LogP) is 9.15. The van der Waals surface area contributed by atoms with Gasteiger partial charge in [-0.05, 0) is 0 Å². The van der Waals surface area contributed by atoms with E-state index in [4.69, 9.17) is 0 Å². The van der Waals surface area contributed by atoms with Crippen LogP contribution in [0.3, 0.4) is 0 Å². The van der Waals surface area contributed by atoms with Gasteiger partial charge in [0, 0.05) is 0 Å². The van der Waals surface area contributed by atoms with Crippen LogP contribution >= 0.6 is 0 Å². The van der Waals surface area contributed by atoms with Crippen molar-refractivity contribution in [1.82, 2.24) is 0 Å². The summed E-state index contributed by atoms with van der Waals surface area (Å²) < 4.78 is 0. The van der Waals surface area contributed by atoms with Gasteiger partial charge < -0.3 is 0 Å². The molecule has 1 aromatic rings. The summed E-state index contributed by atoms with van der Waals surface area (Å²) in [7, 11) is 0. The van der Waals surface area contributed by atoms with Crippen molar-refractivity contribution < 1.29 is 9.59 Å². The average Bonchev–Trinajstić information content (AvgIpc) is 3.28. The molecular weight excluding hydrogens is 471 g/mol. The fraction of sp³-hybridized carbons (Fsp3) is 0.800. The Morgan fingerprint density at radius 1 is 0.606 bits per heavy atom. The van der Waals surface area contributed by atoms with Gasteiger partial charge in [0.2, 0.25) is 0 Å². The van der Waals surface area contributed by atoms with Crippen molar-refractivity contribution in [3.05, 3.63) is 21.0 Å². The Kier molecular flexibility index (Phi) is 18.1. The molecule has 0 radical (unpaired) electrons. The van der Waals surface area contributed by atoms with Gasteiger partial charge in [-0.15, -0.1) is 0 Å². The first-order valence-corrected chi connectivity index (χ1v) is 16.1. The van der Waals surface area contributed by atoms with E-state index in [1.165, 1.54) is 62.5 Å². The molecule has 0 N–H and O–H groups in total. The van der Waals surface area contributed by atoms with E-state index in [2.05, 4.69) is 37.6 Å². The maximum absolute atomic E-state index is 12.8. The fourth-order valence-corrected chi connectivity index (χ4v) is 7.15. The van der Waals surface area contributed by atoms with Gasteiger partial charge in [-0.1, -0.05) is 0 Å². The van der Waals surface area contributed by atoms with Gasteiger partial charge in [-0.3, -0.25) is 0 Å². The Labute approximate surface area is 211 Å². The molecule has 0 saturated carbocycles. The summed E-state index contributed by atoms with van der Waals surface area (Å²) in [4.78, 5) is 30.4. The molecule has 1 rings (SSSR count). The molecule has 2 nitrogen and oxygen atoms in total. The van der Waals surface area contributed by atoms with E-state index in [0.29, 0.717) is 50.7 Å². The molecule has 0 spiro atoms.